The third-order valence-corrected chi connectivity index (χ3v) is 10.2. The molecule has 0 aliphatic rings. The van der Waals surface area contributed by atoms with Crippen LogP contribution in [0.3, 0.4) is 0 Å². The Bertz CT molecular complexity index is 1220. The van der Waals surface area contributed by atoms with Crippen molar-refractivity contribution < 1.29 is 42.1 Å². The Balaban J connectivity index is 4.42. The molecule has 0 amide bonds. The molecule has 2 unspecified atom stereocenters. The van der Waals surface area contributed by atoms with Gasteiger partial charge >= 0.3 is 11.9 Å². The first-order valence-corrected chi connectivity index (χ1v) is 24.1. The summed E-state index contributed by atoms with van der Waals surface area (Å²) in [6.45, 7) is 4.08. The maximum Gasteiger partial charge on any atom is 0.306 e. The van der Waals surface area contributed by atoms with Gasteiger partial charge in [0.1, 0.15) is 19.8 Å². The van der Waals surface area contributed by atoms with Crippen LogP contribution in [-0.2, 0) is 32.7 Å². The van der Waals surface area contributed by atoms with E-state index in [1.807, 2.05) is 33.3 Å². The minimum atomic E-state index is -4.65. The molecule has 0 radical (unpaired) electrons. The number of hydrogen-bond acceptors (Lipinski definition) is 8. The first-order valence-electron chi connectivity index (χ1n) is 22.6. The van der Waals surface area contributed by atoms with Crippen molar-refractivity contribution in [2.75, 3.05) is 47.5 Å². The highest BCUT2D eigenvalue weighted by Crippen LogP contribution is 2.38. The minimum absolute atomic E-state index is 0.0468. The molecule has 0 aliphatic carbocycles. The molecular formula is C48H84NO8P. The van der Waals surface area contributed by atoms with E-state index in [0.717, 1.165) is 64.2 Å². The lowest BCUT2D eigenvalue weighted by Crippen LogP contribution is -2.37. The van der Waals surface area contributed by atoms with Gasteiger partial charge in [-0.25, -0.2) is 0 Å². The van der Waals surface area contributed by atoms with Crippen molar-refractivity contribution in [2.24, 2.45) is 0 Å². The fraction of sp³-hybridized carbons (Fsp3) is 0.708. The van der Waals surface area contributed by atoms with E-state index in [9.17, 15) is 19.0 Å². The van der Waals surface area contributed by atoms with Gasteiger partial charge in [0.25, 0.3) is 7.82 Å². The highest BCUT2D eigenvalue weighted by molar-refractivity contribution is 7.45. The first-order chi connectivity index (χ1) is 28.0. The summed E-state index contributed by atoms with van der Waals surface area (Å²) >= 11 is 0. The summed E-state index contributed by atoms with van der Waals surface area (Å²) in [5, 5.41) is 0. The van der Waals surface area contributed by atoms with Gasteiger partial charge in [-0.2, -0.15) is 0 Å². The fourth-order valence-electron chi connectivity index (χ4n) is 5.63. The molecule has 0 aromatic heterocycles. The summed E-state index contributed by atoms with van der Waals surface area (Å²) < 4.78 is 33.8. The molecule has 9 nitrogen and oxygen atoms in total. The van der Waals surface area contributed by atoms with Gasteiger partial charge in [0.2, 0.25) is 0 Å². The van der Waals surface area contributed by atoms with Crippen molar-refractivity contribution in [1.82, 2.24) is 0 Å². The van der Waals surface area contributed by atoms with Crippen LogP contribution in [0.2, 0.25) is 0 Å². The maximum atomic E-state index is 12.6. The number of phosphoric acid groups is 1. The molecule has 0 saturated carbocycles. The summed E-state index contributed by atoms with van der Waals surface area (Å²) in [5.74, 6) is -0.940. The van der Waals surface area contributed by atoms with E-state index in [1.54, 1.807) is 0 Å². The van der Waals surface area contributed by atoms with Gasteiger partial charge in [0.15, 0.2) is 6.10 Å². The van der Waals surface area contributed by atoms with E-state index < -0.39 is 32.5 Å². The predicted octanol–water partition coefficient (Wildman–Crippen LogP) is 12.4. The van der Waals surface area contributed by atoms with Crippen molar-refractivity contribution >= 4 is 19.8 Å². The lowest BCUT2D eigenvalue weighted by Gasteiger charge is -2.28. The van der Waals surface area contributed by atoms with Crippen molar-refractivity contribution in [2.45, 2.75) is 174 Å². The number of phosphoric ester groups is 1. The number of allylic oxidation sites excluding steroid dienone is 12. The largest absolute Gasteiger partial charge is 0.756 e. The molecular weight excluding hydrogens is 750 g/mol. The molecule has 0 saturated heterocycles. The van der Waals surface area contributed by atoms with Crippen molar-refractivity contribution in [3.8, 4) is 0 Å². The highest BCUT2D eigenvalue weighted by atomic mass is 31.2. The zero-order valence-electron chi connectivity index (χ0n) is 37.5. The third kappa shape index (κ3) is 43.0. The standard InChI is InChI=1S/C48H84NO8P/c1-6-8-10-12-14-16-18-20-21-22-23-24-25-26-27-29-30-32-34-36-38-40-47(50)54-44-46(45-56-58(52,53)55-43-42-49(3,4)5)57-48(51)41-39-37-35-33-31-28-19-17-15-13-11-9-7-2/h14,16,20-21,23-24,26-28,31,35,37,46H,6-13,15,17-19,22,25,29-30,32-34,36,38-45H2,1-5H3/b16-14+,21-20+,24-23+,27-26+,31-28+,37-35+. The predicted molar refractivity (Wildman–Crippen MR) is 240 cm³/mol. The molecule has 0 bridgehead atoms. The van der Waals surface area contributed by atoms with E-state index in [0.29, 0.717) is 23.9 Å². The smallest absolute Gasteiger partial charge is 0.306 e. The van der Waals surface area contributed by atoms with Crippen molar-refractivity contribution in [1.29, 1.82) is 0 Å². The second-order valence-corrected chi connectivity index (χ2v) is 17.5. The zero-order chi connectivity index (χ0) is 42.8. The Hall–Kier alpha value is -2.55. The van der Waals surface area contributed by atoms with Gasteiger partial charge in [0, 0.05) is 12.8 Å². The van der Waals surface area contributed by atoms with Gasteiger partial charge in [-0.05, 0) is 77.0 Å². The third-order valence-electron chi connectivity index (χ3n) is 9.21. The molecule has 0 aromatic carbocycles. The average molecular weight is 834 g/mol. The molecule has 0 fully saturated rings. The van der Waals surface area contributed by atoms with Gasteiger partial charge < -0.3 is 27.9 Å². The van der Waals surface area contributed by atoms with E-state index in [1.165, 1.54) is 64.2 Å². The zero-order valence-corrected chi connectivity index (χ0v) is 38.4. The Morgan fingerprint density at radius 1 is 0.534 bits per heavy atom. The second-order valence-electron chi connectivity index (χ2n) is 16.1. The van der Waals surface area contributed by atoms with Crippen LogP contribution in [0.4, 0.5) is 0 Å². The number of ether oxygens (including phenoxy) is 2. The van der Waals surface area contributed by atoms with Gasteiger partial charge in [-0.3, -0.25) is 14.2 Å². The molecule has 58 heavy (non-hydrogen) atoms. The molecule has 0 aliphatic heterocycles. The molecule has 334 valence electrons. The average Bonchev–Trinajstić information content (AvgIpc) is 3.17. The summed E-state index contributed by atoms with van der Waals surface area (Å²) in [4.78, 5) is 37.5. The maximum absolute atomic E-state index is 12.6. The fourth-order valence-corrected chi connectivity index (χ4v) is 6.36. The lowest BCUT2D eigenvalue weighted by molar-refractivity contribution is -0.870. The monoisotopic (exact) mass is 834 g/mol. The Kier molecular flexibility index (Phi) is 38.1. The normalized spacial score (nSPS) is 14.2. The Morgan fingerprint density at radius 2 is 0.966 bits per heavy atom. The lowest BCUT2D eigenvalue weighted by atomic mass is 10.1. The number of unbranched alkanes of at least 4 members (excludes halogenated alkanes) is 14. The number of nitrogens with zero attached hydrogens (tertiary/aromatic N) is 1. The van der Waals surface area contributed by atoms with Crippen LogP contribution in [0.25, 0.3) is 0 Å². The molecule has 0 aromatic rings. The van der Waals surface area contributed by atoms with Crippen molar-refractivity contribution in [3.63, 3.8) is 0 Å². The van der Waals surface area contributed by atoms with E-state index in [2.05, 4.69) is 74.6 Å². The topological polar surface area (TPSA) is 111 Å². The van der Waals surface area contributed by atoms with Crippen LogP contribution < -0.4 is 4.89 Å². The molecule has 0 rings (SSSR count). The molecule has 10 heteroatoms. The minimum Gasteiger partial charge on any atom is -0.756 e. The van der Waals surface area contributed by atoms with Crippen LogP contribution in [-0.4, -0.2) is 70.0 Å². The SMILES string of the molecule is CCCCC/C=C/C/C=C/C/C=C/C/C=C/CCCCCCCC(=O)OCC(COP(=O)([O-])OCC[N+](C)(C)C)OC(=O)CC/C=C/C/C=C/CCCCCCCC. The number of rotatable bonds is 40. The van der Waals surface area contributed by atoms with E-state index >= 15 is 0 Å². The van der Waals surface area contributed by atoms with Crippen LogP contribution in [0.5, 0.6) is 0 Å². The molecule has 0 N–H and O–H groups in total. The van der Waals surface area contributed by atoms with Crippen LogP contribution >= 0.6 is 7.82 Å². The van der Waals surface area contributed by atoms with Gasteiger partial charge in [-0.1, -0.05) is 151 Å². The van der Waals surface area contributed by atoms with Gasteiger partial charge in [0.05, 0.1) is 27.7 Å². The number of likely N-dealkylation sites (N-methyl/N-ethyl adjacent to an activating group) is 1. The summed E-state index contributed by atoms with van der Waals surface area (Å²) in [5.41, 5.74) is 0. The number of carbonyl (C=O) groups is 2. The van der Waals surface area contributed by atoms with Crippen LogP contribution in [0.15, 0.2) is 72.9 Å². The summed E-state index contributed by atoms with van der Waals surface area (Å²) in [6.07, 6.45) is 49.4. The van der Waals surface area contributed by atoms with E-state index in [-0.39, 0.29) is 26.1 Å². The quantitative estimate of drug-likeness (QED) is 0.0197. The van der Waals surface area contributed by atoms with Crippen LogP contribution in [0, 0.1) is 0 Å². The molecule has 0 spiro atoms. The molecule has 2 atom stereocenters. The first kappa shape index (κ1) is 55.5. The highest BCUT2D eigenvalue weighted by Gasteiger charge is 2.21. The summed E-state index contributed by atoms with van der Waals surface area (Å²) in [6, 6.07) is 0. The summed E-state index contributed by atoms with van der Waals surface area (Å²) in [7, 11) is 1.11. The Labute approximate surface area is 355 Å². The van der Waals surface area contributed by atoms with E-state index in [4.69, 9.17) is 18.5 Å². The number of quaternary nitrogens is 1. The second kappa shape index (κ2) is 39.9. The van der Waals surface area contributed by atoms with Gasteiger partial charge in [-0.15, -0.1) is 0 Å². The Morgan fingerprint density at radius 3 is 1.48 bits per heavy atom. The van der Waals surface area contributed by atoms with Crippen molar-refractivity contribution in [3.05, 3.63) is 72.9 Å². The number of hydrogen-bond donors (Lipinski definition) is 0. The number of esters is 2. The molecule has 0 heterocycles. The van der Waals surface area contributed by atoms with Crippen LogP contribution in [0.1, 0.15) is 168 Å². The number of carbonyl (C=O) groups excluding carboxylic acids is 2.